The van der Waals surface area contributed by atoms with Gasteiger partial charge in [-0.05, 0) is 50.5 Å². The summed E-state index contributed by atoms with van der Waals surface area (Å²) in [6.07, 6.45) is 0.0892. The molecule has 0 aliphatic heterocycles. The highest BCUT2D eigenvalue weighted by atomic mass is 32.2. The predicted octanol–water partition coefficient (Wildman–Crippen LogP) is 4.10. The van der Waals surface area contributed by atoms with E-state index in [0.717, 1.165) is 27.7 Å². The number of ether oxygens (including phenoxy) is 1. The number of thiazole rings is 1. The van der Waals surface area contributed by atoms with E-state index >= 15 is 0 Å². The average Bonchev–Trinajstić information content (AvgIpc) is 3.37. The minimum atomic E-state index is -0.335. The van der Waals surface area contributed by atoms with Crippen molar-refractivity contribution < 1.29 is 14.3 Å². The molecule has 0 saturated heterocycles. The first-order valence-corrected chi connectivity index (χ1v) is 12.0. The van der Waals surface area contributed by atoms with Crippen molar-refractivity contribution in [3.8, 4) is 0 Å². The maximum absolute atomic E-state index is 12.5. The van der Waals surface area contributed by atoms with Crippen molar-refractivity contribution >= 4 is 56.7 Å². The van der Waals surface area contributed by atoms with Gasteiger partial charge in [-0.3, -0.25) is 14.0 Å². The number of carbonyl (C=O) groups is 2. The maximum atomic E-state index is 12.5. The number of anilines is 1. The fourth-order valence-corrected chi connectivity index (χ4v) is 4.95. The third-order valence-corrected chi connectivity index (χ3v) is 6.70. The Morgan fingerprint density at radius 1 is 1.16 bits per heavy atom. The van der Waals surface area contributed by atoms with Crippen LogP contribution in [0.2, 0.25) is 0 Å². The molecule has 1 aromatic carbocycles. The molecule has 3 aromatic heterocycles. The number of aromatic nitrogens is 4. The van der Waals surface area contributed by atoms with Crippen LogP contribution in [0.1, 0.15) is 29.3 Å². The monoisotopic (exact) mass is 469 g/mol. The van der Waals surface area contributed by atoms with Gasteiger partial charge in [-0.15, -0.1) is 21.5 Å². The smallest absolute Gasteiger partial charge is 0.311 e. The van der Waals surface area contributed by atoms with Crippen LogP contribution >= 0.6 is 23.1 Å². The fourth-order valence-electron chi connectivity index (χ4n) is 3.49. The molecule has 0 radical (unpaired) electrons. The fraction of sp³-hybridized carbons (Fsp3) is 0.318. The van der Waals surface area contributed by atoms with E-state index in [1.807, 2.05) is 11.3 Å². The van der Waals surface area contributed by atoms with Crippen molar-refractivity contribution in [2.45, 2.75) is 39.3 Å². The molecule has 0 fully saturated rings. The van der Waals surface area contributed by atoms with E-state index in [9.17, 15) is 9.59 Å². The minimum absolute atomic E-state index is 0.0892. The molecule has 0 atom stereocenters. The second-order valence-corrected chi connectivity index (χ2v) is 9.19. The van der Waals surface area contributed by atoms with Gasteiger partial charge in [-0.1, -0.05) is 23.9 Å². The van der Waals surface area contributed by atoms with Crippen LogP contribution in [0, 0.1) is 20.8 Å². The first-order chi connectivity index (χ1) is 15.4. The Morgan fingerprint density at radius 3 is 2.72 bits per heavy atom. The number of esters is 1. The highest BCUT2D eigenvalue weighted by molar-refractivity contribution is 7.99. The molecule has 3 heterocycles. The summed E-state index contributed by atoms with van der Waals surface area (Å²) < 4.78 is 6.96. The predicted molar refractivity (Wildman–Crippen MR) is 127 cm³/mol. The summed E-state index contributed by atoms with van der Waals surface area (Å²) in [6, 6.07) is 6.33. The second-order valence-electron chi connectivity index (χ2n) is 7.39. The minimum Gasteiger partial charge on any atom is -0.466 e. The molecule has 4 aromatic rings. The molecule has 166 valence electrons. The normalized spacial score (nSPS) is 11.2. The standard InChI is InChI=1S/C22H23N5O3S2/c1-5-30-18(29)9-15-10-31-21(23-15)24-17(28)11-32-22-26-25-20-14(4)8-16-12(2)6-7-13(3)19(16)27(20)22/h6-8,10H,5,9,11H2,1-4H3,(H,23,24,28). The van der Waals surface area contributed by atoms with Crippen LogP contribution in [0.15, 0.2) is 28.7 Å². The lowest BCUT2D eigenvalue weighted by Gasteiger charge is -2.11. The Kier molecular flexibility index (Phi) is 6.43. The third kappa shape index (κ3) is 4.46. The molecular weight excluding hydrogens is 446 g/mol. The molecule has 4 rings (SSSR count). The highest BCUT2D eigenvalue weighted by Gasteiger charge is 2.17. The lowest BCUT2D eigenvalue weighted by Crippen LogP contribution is -2.14. The van der Waals surface area contributed by atoms with Crippen LogP contribution in [0.4, 0.5) is 5.13 Å². The average molecular weight is 470 g/mol. The summed E-state index contributed by atoms with van der Waals surface area (Å²) in [5, 5.41) is 15.5. The van der Waals surface area contributed by atoms with Crippen LogP contribution < -0.4 is 5.32 Å². The van der Waals surface area contributed by atoms with E-state index in [4.69, 9.17) is 4.74 Å². The Hall–Kier alpha value is -2.98. The number of benzene rings is 1. The van der Waals surface area contributed by atoms with E-state index in [1.54, 1.807) is 12.3 Å². The van der Waals surface area contributed by atoms with Gasteiger partial charge in [-0.2, -0.15) is 0 Å². The molecule has 0 spiro atoms. The number of amides is 1. The molecule has 0 bridgehead atoms. The van der Waals surface area contributed by atoms with E-state index in [0.29, 0.717) is 22.6 Å². The summed E-state index contributed by atoms with van der Waals surface area (Å²) in [5.74, 6) is -0.375. The van der Waals surface area contributed by atoms with Gasteiger partial charge in [-0.25, -0.2) is 4.98 Å². The zero-order chi connectivity index (χ0) is 22.8. The highest BCUT2D eigenvalue weighted by Crippen LogP contribution is 2.29. The number of nitrogens with zero attached hydrogens (tertiary/aromatic N) is 4. The van der Waals surface area contributed by atoms with Crippen molar-refractivity contribution in [3.05, 3.63) is 46.0 Å². The van der Waals surface area contributed by atoms with Gasteiger partial charge in [0.2, 0.25) is 5.91 Å². The Labute approximate surface area is 193 Å². The number of nitrogens with one attached hydrogen (secondary N) is 1. The molecule has 0 saturated carbocycles. The lowest BCUT2D eigenvalue weighted by atomic mass is 10.0. The summed E-state index contributed by atoms with van der Waals surface area (Å²) in [4.78, 5) is 28.4. The zero-order valence-electron chi connectivity index (χ0n) is 18.3. The molecule has 0 aliphatic carbocycles. The largest absolute Gasteiger partial charge is 0.466 e. The first-order valence-electron chi connectivity index (χ1n) is 10.1. The molecule has 1 amide bonds. The third-order valence-electron chi connectivity index (χ3n) is 4.97. The van der Waals surface area contributed by atoms with Gasteiger partial charge in [0.05, 0.1) is 30.0 Å². The van der Waals surface area contributed by atoms with Gasteiger partial charge in [0.25, 0.3) is 0 Å². The SMILES string of the molecule is CCOC(=O)Cc1csc(NC(=O)CSc2nnc3c(C)cc4c(C)ccc(C)c4n23)n1. The number of aryl methyl sites for hydroxylation is 3. The van der Waals surface area contributed by atoms with Crippen LogP contribution in [0.5, 0.6) is 0 Å². The van der Waals surface area contributed by atoms with Crippen molar-refractivity contribution in [2.24, 2.45) is 0 Å². The molecule has 0 aliphatic rings. The quantitative estimate of drug-likeness (QED) is 0.321. The zero-order valence-corrected chi connectivity index (χ0v) is 19.9. The molecule has 8 nitrogen and oxygen atoms in total. The molecule has 10 heteroatoms. The number of pyridine rings is 1. The summed E-state index contributed by atoms with van der Waals surface area (Å²) in [6.45, 7) is 8.25. The maximum Gasteiger partial charge on any atom is 0.311 e. The van der Waals surface area contributed by atoms with Gasteiger partial charge >= 0.3 is 5.97 Å². The summed E-state index contributed by atoms with van der Waals surface area (Å²) >= 11 is 2.60. The number of carbonyl (C=O) groups excluding carboxylic acids is 2. The number of hydrogen-bond acceptors (Lipinski definition) is 8. The van der Waals surface area contributed by atoms with Gasteiger partial charge < -0.3 is 10.1 Å². The van der Waals surface area contributed by atoms with Crippen molar-refractivity contribution in [3.63, 3.8) is 0 Å². The molecule has 1 N–H and O–H groups in total. The first kappa shape index (κ1) is 22.2. The lowest BCUT2D eigenvalue weighted by molar-refractivity contribution is -0.142. The second kappa shape index (κ2) is 9.25. The van der Waals surface area contributed by atoms with Crippen LogP contribution in [0.3, 0.4) is 0 Å². The van der Waals surface area contributed by atoms with Crippen LogP contribution in [0.25, 0.3) is 16.6 Å². The van der Waals surface area contributed by atoms with Crippen molar-refractivity contribution in [1.29, 1.82) is 0 Å². The van der Waals surface area contributed by atoms with E-state index in [-0.39, 0.29) is 24.1 Å². The van der Waals surface area contributed by atoms with E-state index < -0.39 is 0 Å². The van der Waals surface area contributed by atoms with E-state index in [2.05, 4.69) is 52.5 Å². The van der Waals surface area contributed by atoms with Crippen molar-refractivity contribution in [2.75, 3.05) is 17.7 Å². The Balaban J connectivity index is 1.50. The molecule has 0 unspecified atom stereocenters. The molecule has 32 heavy (non-hydrogen) atoms. The number of hydrogen-bond donors (Lipinski definition) is 1. The number of thioether (sulfide) groups is 1. The van der Waals surface area contributed by atoms with Crippen LogP contribution in [-0.2, 0) is 20.7 Å². The van der Waals surface area contributed by atoms with Gasteiger partial charge in [0, 0.05) is 10.8 Å². The van der Waals surface area contributed by atoms with E-state index in [1.165, 1.54) is 28.7 Å². The number of rotatable bonds is 7. The number of fused-ring (bicyclic) bond motifs is 3. The van der Waals surface area contributed by atoms with Gasteiger partial charge in [0.15, 0.2) is 15.9 Å². The molecular formula is C22H23N5O3S2. The van der Waals surface area contributed by atoms with Crippen LogP contribution in [-0.4, -0.2) is 43.8 Å². The van der Waals surface area contributed by atoms with Gasteiger partial charge in [0.1, 0.15) is 0 Å². The summed E-state index contributed by atoms with van der Waals surface area (Å²) in [7, 11) is 0. The Morgan fingerprint density at radius 2 is 1.94 bits per heavy atom. The topological polar surface area (TPSA) is 98.5 Å². The van der Waals surface area contributed by atoms with Crippen molar-refractivity contribution in [1.82, 2.24) is 19.6 Å². The Bertz CT molecular complexity index is 1330. The summed E-state index contributed by atoms with van der Waals surface area (Å²) in [5.41, 5.74) is 5.76.